The van der Waals surface area contributed by atoms with Crippen LogP contribution in [0.4, 0.5) is 19.1 Å². The van der Waals surface area contributed by atoms with Crippen LogP contribution in [0.3, 0.4) is 0 Å². The topological polar surface area (TPSA) is 81.9 Å². The van der Waals surface area contributed by atoms with E-state index < -0.39 is 17.7 Å². The van der Waals surface area contributed by atoms with E-state index in [1.807, 2.05) is 12.1 Å². The van der Waals surface area contributed by atoms with E-state index in [0.29, 0.717) is 17.6 Å². The zero-order chi connectivity index (χ0) is 23.3. The van der Waals surface area contributed by atoms with Gasteiger partial charge in [0.2, 0.25) is 5.95 Å². The monoisotopic (exact) mass is 447 g/mol. The van der Waals surface area contributed by atoms with Crippen LogP contribution in [0.2, 0.25) is 0 Å². The van der Waals surface area contributed by atoms with Gasteiger partial charge in [-0.3, -0.25) is 0 Å². The molecule has 0 radical (unpaired) electrons. The van der Waals surface area contributed by atoms with Crippen LogP contribution in [-0.4, -0.2) is 32.3 Å². The van der Waals surface area contributed by atoms with Gasteiger partial charge < -0.3 is 10.1 Å². The average Bonchev–Trinajstić information content (AvgIpc) is 3.25. The Morgan fingerprint density at radius 2 is 1.78 bits per heavy atom. The third kappa shape index (κ3) is 5.83. The molecule has 0 amide bonds. The Bertz CT molecular complexity index is 1030. The molecule has 0 spiro atoms. The van der Waals surface area contributed by atoms with Crippen molar-refractivity contribution in [2.45, 2.75) is 39.4 Å². The highest BCUT2D eigenvalue weighted by molar-refractivity contribution is 5.88. The van der Waals surface area contributed by atoms with E-state index in [4.69, 9.17) is 4.74 Å². The molecule has 0 bridgehead atoms. The van der Waals surface area contributed by atoms with Gasteiger partial charge in [0.05, 0.1) is 35.7 Å². The smallest absolute Gasteiger partial charge is 0.419 e. The maximum Gasteiger partial charge on any atom is 0.419 e. The number of hydrogen-bond donors (Lipinski definition) is 1. The van der Waals surface area contributed by atoms with Crippen LogP contribution >= 0.6 is 0 Å². The van der Waals surface area contributed by atoms with Crippen LogP contribution in [0, 0.1) is 5.92 Å². The van der Waals surface area contributed by atoms with Gasteiger partial charge in [0.25, 0.3) is 0 Å². The highest BCUT2D eigenvalue weighted by atomic mass is 19.4. The van der Waals surface area contributed by atoms with Gasteiger partial charge in [0.15, 0.2) is 0 Å². The fourth-order valence-electron chi connectivity index (χ4n) is 3.10. The van der Waals surface area contributed by atoms with Crippen molar-refractivity contribution < 1.29 is 22.7 Å². The summed E-state index contributed by atoms with van der Waals surface area (Å²) in [6.07, 6.45) is 0.888. The summed E-state index contributed by atoms with van der Waals surface area (Å²) < 4.78 is 44.6. The number of esters is 1. The standard InChI is InChI=1S/C22H24F3N5O2/c1-4-32-20(31)16-10-26-21(27-11-16)29-19(9-14(2)3)15-5-7-18(8-6-15)30-13-17(12-28-30)22(23,24)25/h5-8,10-14,19H,4,9H2,1-3H3,(H,26,27,29). The fraction of sp³-hybridized carbons (Fsp3) is 0.364. The number of alkyl halides is 3. The zero-order valence-corrected chi connectivity index (χ0v) is 17.9. The highest BCUT2D eigenvalue weighted by Gasteiger charge is 2.32. The van der Waals surface area contributed by atoms with E-state index >= 15 is 0 Å². The summed E-state index contributed by atoms with van der Waals surface area (Å²) in [4.78, 5) is 20.2. The second-order valence-electron chi connectivity index (χ2n) is 7.61. The summed E-state index contributed by atoms with van der Waals surface area (Å²) in [6, 6.07) is 6.94. The van der Waals surface area contributed by atoms with Crippen molar-refractivity contribution in [2.75, 3.05) is 11.9 Å². The number of anilines is 1. The Morgan fingerprint density at radius 3 is 2.31 bits per heavy atom. The Balaban J connectivity index is 1.77. The maximum atomic E-state index is 12.8. The van der Waals surface area contributed by atoms with Crippen molar-refractivity contribution >= 4 is 11.9 Å². The van der Waals surface area contributed by atoms with Crippen LogP contribution in [0.5, 0.6) is 0 Å². The third-order valence-corrected chi connectivity index (χ3v) is 4.64. The minimum Gasteiger partial charge on any atom is -0.462 e. The third-order valence-electron chi connectivity index (χ3n) is 4.64. The van der Waals surface area contributed by atoms with Crippen molar-refractivity contribution in [1.29, 1.82) is 0 Å². The number of nitrogens with one attached hydrogen (secondary N) is 1. The lowest BCUT2D eigenvalue weighted by molar-refractivity contribution is -0.137. The van der Waals surface area contributed by atoms with E-state index in [1.165, 1.54) is 17.1 Å². The molecule has 1 atom stereocenters. The van der Waals surface area contributed by atoms with Crippen molar-refractivity contribution in [3.05, 3.63) is 65.7 Å². The molecule has 0 saturated heterocycles. The molecule has 0 aliphatic heterocycles. The molecule has 32 heavy (non-hydrogen) atoms. The lowest BCUT2D eigenvalue weighted by Crippen LogP contribution is -2.16. The first-order chi connectivity index (χ1) is 15.2. The Morgan fingerprint density at radius 1 is 1.12 bits per heavy atom. The number of aromatic nitrogens is 4. The summed E-state index contributed by atoms with van der Waals surface area (Å²) in [7, 11) is 0. The van der Waals surface area contributed by atoms with Crippen molar-refractivity contribution in [2.24, 2.45) is 5.92 Å². The summed E-state index contributed by atoms with van der Waals surface area (Å²) >= 11 is 0. The van der Waals surface area contributed by atoms with Gasteiger partial charge >= 0.3 is 12.1 Å². The number of benzene rings is 1. The minimum atomic E-state index is -4.44. The minimum absolute atomic E-state index is 0.138. The van der Waals surface area contributed by atoms with Crippen molar-refractivity contribution in [1.82, 2.24) is 19.7 Å². The zero-order valence-electron chi connectivity index (χ0n) is 17.9. The highest BCUT2D eigenvalue weighted by Crippen LogP contribution is 2.30. The van der Waals surface area contributed by atoms with Gasteiger partial charge in [-0.2, -0.15) is 18.3 Å². The van der Waals surface area contributed by atoms with Gasteiger partial charge in [0, 0.05) is 18.6 Å². The Hall–Kier alpha value is -3.43. The SMILES string of the molecule is CCOC(=O)c1cnc(NC(CC(C)C)c2ccc(-n3cc(C(F)(F)F)cn3)cc2)nc1. The molecular formula is C22H24F3N5O2. The molecule has 0 fully saturated rings. The van der Waals surface area contributed by atoms with Gasteiger partial charge in [-0.25, -0.2) is 19.4 Å². The summed E-state index contributed by atoms with van der Waals surface area (Å²) in [5.74, 6) is 0.224. The summed E-state index contributed by atoms with van der Waals surface area (Å²) in [6.45, 7) is 6.14. The molecule has 2 heterocycles. The fourth-order valence-corrected chi connectivity index (χ4v) is 3.10. The van der Waals surface area contributed by atoms with E-state index in [9.17, 15) is 18.0 Å². The molecule has 1 N–H and O–H groups in total. The molecular weight excluding hydrogens is 423 g/mol. The van der Waals surface area contributed by atoms with Gasteiger partial charge in [-0.15, -0.1) is 0 Å². The quantitative estimate of drug-likeness (QED) is 0.486. The predicted octanol–water partition coefficient (Wildman–Crippen LogP) is 5.06. The molecule has 3 rings (SSSR count). The van der Waals surface area contributed by atoms with Crippen LogP contribution in [0.25, 0.3) is 5.69 Å². The molecule has 7 nitrogen and oxygen atoms in total. The lowest BCUT2D eigenvalue weighted by atomic mass is 9.97. The number of nitrogens with zero attached hydrogens (tertiary/aromatic N) is 4. The summed E-state index contributed by atoms with van der Waals surface area (Å²) in [5, 5.41) is 7.06. The first-order valence-corrected chi connectivity index (χ1v) is 10.1. The normalized spacial score (nSPS) is 12.6. The molecule has 2 aromatic heterocycles. The van der Waals surface area contributed by atoms with Gasteiger partial charge in [0.1, 0.15) is 0 Å². The molecule has 0 aliphatic carbocycles. The lowest BCUT2D eigenvalue weighted by Gasteiger charge is -2.21. The molecule has 0 aliphatic rings. The van der Waals surface area contributed by atoms with E-state index in [-0.39, 0.29) is 18.2 Å². The Kier molecular flexibility index (Phi) is 7.12. The second-order valence-corrected chi connectivity index (χ2v) is 7.61. The molecule has 1 unspecified atom stereocenters. The first-order valence-electron chi connectivity index (χ1n) is 10.1. The van der Waals surface area contributed by atoms with Crippen molar-refractivity contribution in [3.8, 4) is 5.69 Å². The first kappa shape index (κ1) is 23.2. The van der Waals surface area contributed by atoms with Crippen LogP contribution in [0.15, 0.2) is 49.1 Å². The molecule has 170 valence electrons. The van der Waals surface area contributed by atoms with Gasteiger partial charge in [-0.1, -0.05) is 26.0 Å². The largest absolute Gasteiger partial charge is 0.462 e. The van der Waals surface area contributed by atoms with Crippen LogP contribution < -0.4 is 5.32 Å². The van der Waals surface area contributed by atoms with Crippen LogP contribution in [-0.2, 0) is 10.9 Å². The molecule has 10 heteroatoms. The number of carbonyl (C=O) groups is 1. The second kappa shape index (κ2) is 9.80. The van der Waals surface area contributed by atoms with E-state index in [1.54, 1.807) is 19.1 Å². The average molecular weight is 447 g/mol. The number of carbonyl (C=O) groups excluding carboxylic acids is 1. The number of halogens is 3. The number of rotatable bonds is 8. The van der Waals surface area contributed by atoms with E-state index in [2.05, 4.69) is 34.2 Å². The summed E-state index contributed by atoms with van der Waals surface area (Å²) in [5.41, 5.74) is 0.898. The molecule has 0 saturated carbocycles. The van der Waals surface area contributed by atoms with Gasteiger partial charge in [-0.05, 0) is 37.0 Å². The molecule has 3 aromatic rings. The van der Waals surface area contributed by atoms with Crippen molar-refractivity contribution in [3.63, 3.8) is 0 Å². The Labute approximate surface area is 183 Å². The maximum absolute atomic E-state index is 12.8. The number of ether oxygens (including phenoxy) is 1. The predicted molar refractivity (Wildman–Crippen MR) is 112 cm³/mol. The van der Waals surface area contributed by atoms with Crippen LogP contribution in [0.1, 0.15) is 54.7 Å². The molecule has 1 aromatic carbocycles. The van der Waals surface area contributed by atoms with E-state index in [0.717, 1.165) is 24.4 Å². The number of hydrogen-bond acceptors (Lipinski definition) is 6.